The highest BCUT2D eigenvalue weighted by molar-refractivity contribution is 5.90. The van der Waals surface area contributed by atoms with Crippen LogP contribution in [0.2, 0.25) is 0 Å². The van der Waals surface area contributed by atoms with Crippen LogP contribution in [0.5, 0.6) is 0 Å². The van der Waals surface area contributed by atoms with Crippen LogP contribution in [0.4, 0.5) is 0 Å². The fourth-order valence-electron chi connectivity index (χ4n) is 2.20. The average molecular weight is 276 g/mol. The first kappa shape index (κ1) is 14.3. The Morgan fingerprint density at radius 1 is 1.45 bits per heavy atom. The van der Waals surface area contributed by atoms with Gasteiger partial charge in [-0.05, 0) is 25.8 Å². The van der Waals surface area contributed by atoms with Crippen LogP contribution in [0.15, 0.2) is 12.3 Å². The van der Waals surface area contributed by atoms with Crippen molar-refractivity contribution in [2.45, 2.75) is 32.7 Å². The Hall–Kier alpha value is -2.15. The lowest BCUT2D eigenvalue weighted by molar-refractivity contribution is 0.0995. The Morgan fingerprint density at radius 2 is 2.15 bits per heavy atom. The second kappa shape index (κ2) is 5.46. The Morgan fingerprint density at radius 3 is 2.70 bits per heavy atom. The Bertz CT molecular complexity index is 627. The molecule has 0 radical (unpaired) electrons. The molecule has 0 aliphatic rings. The number of amides is 1. The van der Waals surface area contributed by atoms with Crippen molar-refractivity contribution in [3.8, 4) is 5.82 Å². The standard InChI is InChI=1S/C13H20N6O/c1-4-9(14)7-10-8(2)16-18(3)13(10)19-6-5-11(17-19)12(15)20/h5-6,9H,4,7,14H2,1-3H3,(H2,15,20). The summed E-state index contributed by atoms with van der Waals surface area (Å²) in [7, 11) is 1.84. The third-order valence-electron chi connectivity index (χ3n) is 3.36. The van der Waals surface area contributed by atoms with Crippen molar-refractivity contribution in [3.63, 3.8) is 0 Å². The van der Waals surface area contributed by atoms with Gasteiger partial charge >= 0.3 is 0 Å². The van der Waals surface area contributed by atoms with Crippen molar-refractivity contribution < 1.29 is 4.79 Å². The van der Waals surface area contributed by atoms with Gasteiger partial charge < -0.3 is 11.5 Å². The molecule has 7 heteroatoms. The third kappa shape index (κ3) is 2.57. The van der Waals surface area contributed by atoms with E-state index in [-0.39, 0.29) is 11.7 Å². The number of nitrogens with two attached hydrogens (primary N) is 2. The van der Waals surface area contributed by atoms with Gasteiger partial charge in [-0.3, -0.25) is 9.48 Å². The maximum absolute atomic E-state index is 11.1. The van der Waals surface area contributed by atoms with Gasteiger partial charge in [-0.1, -0.05) is 6.92 Å². The first-order valence-corrected chi connectivity index (χ1v) is 6.58. The van der Waals surface area contributed by atoms with Crippen LogP contribution in [0.1, 0.15) is 35.1 Å². The molecule has 20 heavy (non-hydrogen) atoms. The van der Waals surface area contributed by atoms with E-state index in [2.05, 4.69) is 17.1 Å². The zero-order chi connectivity index (χ0) is 14.9. The largest absolute Gasteiger partial charge is 0.364 e. The van der Waals surface area contributed by atoms with Gasteiger partial charge in [0.05, 0.1) is 5.69 Å². The predicted molar refractivity (Wildman–Crippen MR) is 75.6 cm³/mol. The summed E-state index contributed by atoms with van der Waals surface area (Å²) < 4.78 is 3.36. The van der Waals surface area contributed by atoms with Gasteiger partial charge in [-0.25, -0.2) is 4.68 Å². The van der Waals surface area contributed by atoms with Gasteiger partial charge in [0.1, 0.15) is 5.69 Å². The number of rotatable bonds is 5. The van der Waals surface area contributed by atoms with E-state index in [9.17, 15) is 4.79 Å². The normalized spacial score (nSPS) is 12.6. The highest BCUT2D eigenvalue weighted by Crippen LogP contribution is 2.19. The minimum Gasteiger partial charge on any atom is -0.364 e. The van der Waals surface area contributed by atoms with Crippen LogP contribution < -0.4 is 11.5 Å². The molecule has 0 aromatic carbocycles. The van der Waals surface area contributed by atoms with Gasteiger partial charge in [-0.15, -0.1) is 0 Å². The summed E-state index contributed by atoms with van der Waals surface area (Å²) >= 11 is 0. The van der Waals surface area contributed by atoms with Crippen LogP contribution in [0.3, 0.4) is 0 Å². The molecular weight excluding hydrogens is 256 g/mol. The Balaban J connectivity index is 2.46. The van der Waals surface area contributed by atoms with E-state index < -0.39 is 5.91 Å². The van der Waals surface area contributed by atoms with Crippen LogP contribution in [0, 0.1) is 6.92 Å². The molecule has 2 aromatic rings. The Kier molecular flexibility index (Phi) is 3.89. The van der Waals surface area contributed by atoms with Gasteiger partial charge in [0.15, 0.2) is 5.82 Å². The smallest absolute Gasteiger partial charge is 0.269 e. The van der Waals surface area contributed by atoms with Gasteiger partial charge in [0, 0.05) is 24.8 Å². The molecule has 2 aromatic heterocycles. The van der Waals surface area contributed by atoms with E-state index in [1.165, 1.54) is 0 Å². The molecule has 2 rings (SSSR count). The maximum atomic E-state index is 11.1. The molecule has 2 heterocycles. The molecule has 7 nitrogen and oxygen atoms in total. The molecule has 0 saturated carbocycles. The van der Waals surface area contributed by atoms with Crippen molar-refractivity contribution in [1.82, 2.24) is 19.6 Å². The zero-order valence-corrected chi connectivity index (χ0v) is 12.0. The van der Waals surface area contributed by atoms with Crippen molar-refractivity contribution in [2.24, 2.45) is 18.5 Å². The summed E-state index contributed by atoms with van der Waals surface area (Å²) in [5.74, 6) is 0.272. The lowest BCUT2D eigenvalue weighted by Gasteiger charge is -2.11. The number of hydrogen-bond acceptors (Lipinski definition) is 4. The summed E-state index contributed by atoms with van der Waals surface area (Å²) in [6, 6.07) is 1.66. The molecule has 0 spiro atoms. The van der Waals surface area contributed by atoms with Crippen molar-refractivity contribution in [2.75, 3.05) is 0 Å². The molecular formula is C13H20N6O. The van der Waals surface area contributed by atoms with E-state index in [0.29, 0.717) is 0 Å². The minimum absolute atomic E-state index is 0.0721. The Labute approximate surface area is 117 Å². The molecule has 1 amide bonds. The van der Waals surface area contributed by atoms with Gasteiger partial charge in [-0.2, -0.15) is 10.2 Å². The van der Waals surface area contributed by atoms with E-state index in [1.807, 2.05) is 14.0 Å². The molecule has 0 saturated heterocycles. The summed E-state index contributed by atoms with van der Waals surface area (Å²) in [6.45, 7) is 3.99. The molecule has 0 aliphatic carbocycles. The summed E-state index contributed by atoms with van der Waals surface area (Å²) in [5.41, 5.74) is 13.5. The highest BCUT2D eigenvalue weighted by Gasteiger charge is 2.18. The number of aromatic nitrogens is 4. The molecule has 0 fully saturated rings. The van der Waals surface area contributed by atoms with E-state index in [0.717, 1.165) is 29.9 Å². The SMILES string of the molecule is CCC(N)Cc1c(C)nn(C)c1-n1ccc(C(N)=O)n1. The number of aryl methyl sites for hydroxylation is 2. The van der Waals surface area contributed by atoms with Crippen molar-refractivity contribution in [1.29, 1.82) is 0 Å². The topological polar surface area (TPSA) is 105 Å². The maximum Gasteiger partial charge on any atom is 0.269 e. The number of carbonyl (C=O) groups excluding carboxylic acids is 1. The number of carbonyl (C=O) groups is 1. The summed E-state index contributed by atoms with van der Waals surface area (Å²) in [6.07, 6.45) is 3.31. The lowest BCUT2D eigenvalue weighted by Crippen LogP contribution is -2.22. The second-order valence-corrected chi connectivity index (χ2v) is 4.89. The molecule has 4 N–H and O–H groups in total. The molecule has 0 bridgehead atoms. The summed E-state index contributed by atoms with van der Waals surface area (Å²) in [5, 5.41) is 8.60. The third-order valence-corrected chi connectivity index (χ3v) is 3.36. The average Bonchev–Trinajstić information content (AvgIpc) is 2.95. The molecule has 0 aliphatic heterocycles. The van der Waals surface area contributed by atoms with E-state index in [4.69, 9.17) is 11.5 Å². The first-order chi connectivity index (χ1) is 9.43. The molecule has 1 atom stereocenters. The van der Waals surface area contributed by atoms with Gasteiger partial charge in [0.25, 0.3) is 5.91 Å². The van der Waals surface area contributed by atoms with E-state index >= 15 is 0 Å². The van der Waals surface area contributed by atoms with Crippen LogP contribution in [-0.2, 0) is 13.5 Å². The minimum atomic E-state index is -0.547. The first-order valence-electron chi connectivity index (χ1n) is 6.58. The van der Waals surface area contributed by atoms with Crippen LogP contribution in [-0.4, -0.2) is 31.5 Å². The van der Waals surface area contributed by atoms with Gasteiger partial charge in [0.2, 0.25) is 0 Å². The summed E-state index contributed by atoms with van der Waals surface area (Å²) in [4.78, 5) is 11.1. The second-order valence-electron chi connectivity index (χ2n) is 4.89. The highest BCUT2D eigenvalue weighted by atomic mass is 16.1. The van der Waals surface area contributed by atoms with Crippen molar-refractivity contribution in [3.05, 3.63) is 29.2 Å². The van der Waals surface area contributed by atoms with Crippen LogP contribution in [0.25, 0.3) is 5.82 Å². The molecule has 1 unspecified atom stereocenters. The fourth-order valence-corrected chi connectivity index (χ4v) is 2.20. The van der Waals surface area contributed by atoms with E-state index in [1.54, 1.807) is 21.6 Å². The number of nitrogens with zero attached hydrogens (tertiary/aromatic N) is 4. The zero-order valence-electron chi connectivity index (χ0n) is 12.0. The number of hydrogen-bond donors (Lipinski definition) is 2. The monoisotopic (exact) mass is 276 g/mol. The molecule has 108 valence electrons. The lowest BCUT2D eigenvalue weighted by atomic mass is 10.0. The number of primary amides is 1. The van der Waals surface area contributed by atoms with Crippen LogP contribution >= 0.6 is 0 Å². The predicted octanol–water partition coefficient (Wildman–Crippen LogP) is 0.293. The van der Waals surface area contributed by atoms with Crippen molar-refractivity contribution >= 4 is 5.91 Å². The fraction of sp³-hybridized carbons (Fsp3) is 0.462. The quantitative estimate of drug-likeness (QED) is 0.819.